The van der Waals surface area contributed by atoms with Crippen molar-refractivity contribution >= 4 is 21.6 Å². The molecule has 0 bridgehead atoms. The van der Waals surface area contributed by atoms with Gasteiger partial charge in [0.25, 0.3) is 0 Å². The first-order valence-corrected chi connectivity index (χ1v) is 6.90. The van der Waals surface area contributed by atoms with E-state index in [0.29, 0.717) is 0 Å². The van der Waals surface area contributed by atoms with Crippen LogP contribution in [0.25, 0.3) is 0 Å². The fourth-order valence-corrected chi connectivity index (χ4v) is 2.33. The first kappa shape index (κ1) is 13.9. The molecule has 2 N–H and O–H groups in total. The molecule has 19 heavy (non-hydrogen) atoms. The molecule has 1 unspecified atom stereocenters. The summed E-state index contributed by atoms with van der Waals surface area (Å²) in [6.07, 6.45) is 0.807. The first-order valence-electron chi connectivity index (χ1n) is 6.10. The minimum Gasteiger partial charge on any atom is -0.508 e. The molecule has 0 spiro atoms. The van der Waals surface area contributed by atoms with Crippen molar-refractivity contribution in [1.82, 2.24) is 0 Å². The van der Waals surface area contributed by atoms with Crippen LogP contribution in [0.5, 0.6) is 5.75 Å². The Balaban J connectivity index is 2.24. The third kappa shape index (κ3) is 3.47. The number of halogens is 2. The molecule has 0 aliphatic heterocycles. The van der Waals surface area contributed by atoms with Crippen LogP contribution in [0.3, 0.4) is 0 Å². The molecule has 0 saturated carbocycles. The zero-order valence-corrected chi connectivity index (χ0v) is 12.1. The predicted octanol–water partition coefficient (Wildman–Crippen LogP) is 4.86. The molecule has 0 heterocycles. The van der Waals surface area contributed by atoms with Crippen molar-refractivity contribution in [2.45, 2.75) is 19.4 Å². The SMILES string of the molecule is CCC(Nc1ccc(F)cc1)c1cc(Br)ccc1O. The van der Waals surface area contributed by atoms with Crippen LogP contribution in [0, 0.1) is 5.82 Å². The van der Waals surface area contributed by atoms with Gasteiger partial charge in [0.15, 0.2) is 0 Å². The molecule has 2 aromatic rings. The van der Waals surface area contributed by atoms with E-state index < -0.39 is 0 Å². The Hall–Kier alpha value is -1.55. The minimum absolute atomic E-state index is 0.0250. The summed E-state index contributed by atoms with van der Waals surface area (Å²) in [5.41, 5.74) is 1.65. The van der Waals surface area contributed by atoms with E-state index in [-0.39, 0.29) is 17.6 Å². The van der Waals surface area contributed by atoms with Crippen LogP contribution in [0.15, 0.2) is 46.9 Å². The quantitative estimate of drug-likeness (QED) is 0.842. The smallest absolute Gasteiger partial charge is 0.123 e. The molecule has 0 radical (unpaired) electrons. The average molecular weight is 324 g/mol. The van der Waals surface area contributed by atoms with E-state index in [4.69, 9.17) is 0 Å². The maximum atomic E-state index is 12.9. The maximum Gasteiger partial charge on any atom is 0.123 e. The summed E-state index contributed by atoms with van der Waals surface area (Å²) in [5, 5.41) is 13.2. The third-order valence-corrected chi connectivity index (χ3v) is 3.45. The zero-order chi connectivity index (χ0) is 13.8. The summed E-state index contributed by atoms with van der Waals surface area (Å²) in [5.74, 6) is -0.00596. The molecule has 100 valence electrons. The van der Waals surface area contributed by atoms with Crippen LogP contribution in [0.4, 0.5) is 10.1 Å². The van der Waals surface area contributed by atoms with Crippen LogP contribution in [0.2, 0.25) is 0 Å². The number of benzene rings is 2. The van der Waals surface area contributed by atoms with Gasteiger partial charge in [0.05, 0.1) is 6.04 Å². The second kappa shape index (κ2) is 6.06. The van der Waals surface area contributed by atoms with Crippen LogP contribution >= 0.6 is 15.9 Å². The molecule has 1 atom stereocenters. The van der Waals surface area contributed by atoms with Gasteiger partial charge in [0.2, 0.25) is 0 Å². The average Bonchev–Trinajstić information content (AvgIpc) is 2.41. The van der Waals surface area contributed by atoms with Crippen LogP contribution in [-0.2, 0) is 0 Å². The van der Waals surface area contributed by atoms with Gasteiger partial charge in [-0.05, 0) is 48.9 Å². The topological polar surface area (TPSA) is 32.3 Å². The molecule has 0 saturated heterocycles. The van der Waals surface area contributed by atoms with Crippen LogP contribution in [-0.4, -0.2) is 5.11 Å². The van der Waals surface area contributed by atoms with Crippen LogP contribution < -0.4 is 5.32 Å². The van der Waals surface area contributed by atoms with Gasteiger partial charge < -0.3 is 10.4 Å². The summed E-state index contributed by atoms with van der Waals surface area (Å²) in [4.78, 5) is 0. The highest BCUT2D eigenvalue weighted by molar-refractivity contribution is 9.10. The van der Waals surface area contributed by atoms with E-state index in [1.54, 1.807) is 24.3 Å². The number of anilines is 1. The molecule has 2 aromatic carbocycles. The second-order valence-corrected chi connectivity index (χ2v) is 5.23. The van der Waals surface area contributed by atoms with E-state index >= 15 is 0 Å². The molecule has 2 nitrogen and oxygen atoms in total. The van der Waals surface area contributed by atoms with Crippen molar-refractivity contribution in [3.63, 3.8) is 0 Å². The zero-order valence-electron chi connectivity index (χ0n) is 10.5. The number of nitrogens with one attached hydrogen (secondary N) is 1. The Morgan fingerprint density at radius 3 is 2.53 bits per heavy atom. The predicted molar refractivity (Wildman–Crippen MR) is 78.9 cm³/mol. The van der Waals surface area contributed by atoms with Gasteiger partial charge in [-0.3, -0.25) is 0 Å². The molecule has 0 aliphatic carbocycles. The third-order valence-electron chi connectivity index (χ3n) is 2.96. The monoisotopic (exact) mass is 323 g/mol. The van der Waals surface area contributed by atoms with E-state index in [0.717, 1.165) is 22.1 Å². The van der Waals surface area contributed by atoms with Gasteiger partial charge in [-0.25, -0.2) is 4.39 Å². The number of rotatable bonds is 4. The summed E-state index contributed by atoms with van der Waals surface area (Å²) in [7, 11) is 0. The van der Waals surface area contributed by atoms with E-state index in [9.17, 15) is 9.50 Å². The number of hydrogen-bond acceptors (Lipinski definition) is 2. The molecule has 0 fully saturated rings. The van der Waals surface area contributed by atoms with Gasteiger partial charge in [-0.1, -0.05) is 22.9 Å². The molecular formula is C15H15BrFNO. The van der Waals surface area contributed by atoms with Crippen LogP contribution in [0.1, 0.15) is 24.9 Å². The minimum atomic E-state index is -0.260. The van der Waals surface area contributed by atoms with Gasteiger partial charge >= 0.3 is 0 Å². The Bertz CT molecular complexity index is 557. The van der Waals surface area contributed by atoms with Gasteiger partial charge in [-0.2, -0.15) is 0 Å². The lowest BCUT2D eigenvalue weighted by molar-refractivity contribution is 0.462. The van der Waals surface area contributed by atoms with Crippen molar-refractivity contribution in [2.75, 3.05) is 5.32 Å². The van der Waals surface area contributed by atoms with Crippen molar-refractivity contribution in [2.24, 2.45) is 0 Å². The fraction of sp³-hybridized carbons (Fsp3) is 0.200. The summed E-state index contributed by atoms with van der Waals surface area (Å²) < 4.78 is 13.8. The molecule has 2 rings (SSSR count). The fourth-order valence-electron chi connectivity index (χ4n) is 1.95. The Morgan fingerprint density at radius 2 is 1.89 bits per heavy atom. The molecule has 0 amide bonds. The standard InChI is InChI=1S/C15H15BrFNO/c1-2-14(13-9-10(16)3-8-15(13)19)18-12-6-4-11(17)5-7-12/h3-9,14,18-19H,2H2,1H3. The molecule has 0 aromatic heterocycles. The van der Waals surface area contributed by atoms with Crippen molar-refractivity contribution in [3.05, 3.63) is 58.3 Å². The highest BCUT2D eigenvalue weighted by Gasteiger charge is 2.14. The Kier molecular flexibility index (Phi) is 4.43. The van der Waals surface area contributed by atoms with Gasteiger partial charge in [-0.15, -0.1) is 0 Å². The van der Waals surface area contributed by atoms with Gasteiger partial charge in [0.1, 0.15) is 11.6 Å². The largest absolute Gasteiger partial charge is 0.508 e. The summed E-state index contributed by atoms with van der Waals surface area (Å²) in [6.45, 7) is 2.03. The number of phenols is 1. The lowest BCUT2D eigenvalue weighted by Crippen LogP contribution is -2.10. The lowest BCUT2D eigenvalue weighted by atomic mass is 10.0. The summed E-state index contributed by atoms with van der Waals surface area (Å²) in [6, 6.07) is 11.5. The van der Waals surface area contributed by atoms with Crippen molar-refractivity contribution in [3.8, 4) is 5.75 Å². The molecule has 4 heteroatoms. The molecular weight excluding hydrogens is 309 g/mol. The second-order valence-electron chi connectivity index (χ2n) is 4.32. The highest BCUT2D eigenvalue weighted by Crippen LogP contribution is 2.31. The number of phenolic OH excluding ortho intramolecular Hbond substituents is 1. The first-order chi connectivity index (χ1) is 9.10. The highest BCUT2D eigenvalue weighted by atomic mass is 79.9. The lowest BCUT2D eigenvalue weighted by Gasteiger charge is -2.20. The Morgan fingerprint density at radius 1 is 1.21 bits per heavy atom. The van der Waals surface area contributed by atoms with E-state index in [2.05, 4.69) is 21.2 Å². The van der Waals surface area contributed by atoms with Gasteiger partial charge in [0, 0.05) is 15.7 Å². The van der Waals surface area contributed by atoms with E-state index in [1.165, 1.54) is 12.1 Å². The Labute approximate surface area is 120 Å². The number of hydrogen-bond donors (Lipinski definition) is 2. The van der Waals surface area contributed by atoms with Crippen molar-refractivity contribution < 1.29 is 9.50 Å². The summed E-state index contributed by atoms with van der Waals surface area (Å²) >= 11 is 3.40. The van der Waals surface area contributed by atoms with E-state index in [1.807, 2.05) is 13.0 Å². The number of aromatic hydroxyl groups is 1. The maximum absolute atomic E-state index is 12.9. The van der Waals surface area contributed by atoms with Crippen molar-refractivity contribution in [1.29, 1.82) is 0 Å². The molecule has 0 aliphatic rings. The normalized spacial score (nSPS) is 12.2.